The van der Waals surface area contributed by atoms with Gasteiger partial charge >= 0.3 is 5.97 Å². The third-order valence-corrected chi connectivity index (χ3v) is 15.1. The summed E-state index contributed by atoms with van der Waals surface area (Å²) in [5.41, 5.74) is 0. The minimum Gasteiger partial charge on any atom is -0.466 e. The van der Waals surface area contributed by atoms with Crippen LogP contribution in [0, 0.1) is 0 Å². The molecule has 6 nitrogen and oxygen atoms in total. The summed E-state index contributed by atoms with van der Waals surface area (Å²) in [5, 5.41) is 23.2. The number of allylic oxidation sites excluding steroid dienone is 5. The van der Waals surface area contributed by atoms with E-state index >= 15 is 0 Å². The van der Waals surface area contributed by atoms with Gasteiger partial charge in [0.25, 0.3) is 0 Å². The molecule has 1 amide bonds. The average Bonchev–Trinajstić information content (AvgIpc) is 3.39. The van der Waals surface area contributed by atoms with Crippen molar-refractivity contribution in [3.8, 4) is 0 Å². The Labute approximate surface area is 455 Å². The number of esters is 1. The minimum atomic E-state index is -0.851. The summed E-state index contributed by atoms with van der Waals surface area (Å²) in [7, 11) is 0. The van der Waals surface area contributed by atoms with E-state index in [0.29, 0.717) is 19.4 Å². The molecule has 73 heavy (non-hydrogen) atoms. The van der Waals surface area contributed by atoms with Crippen molar-refractivity contribution in [1.29, 1.82) is 0 Å². The highest BCUT2D eigenvalue weighted by atomic mass is 16.5. The summed E-state index contributed by atoms with van der Waals surface area (Å²) in [6, 6.07) is -0.636. The van der Waals surface area contributed by atoms with Crippen molar-refractivity contribution in [2.75, 3.05) is 13.2 Å². The Kier molecular flexibility index (Phi) is 61.0. The molecule has 0 aromatic heterocycles. The number of hydrogen-bond acceptors (Lipinski definition) is 5. The molecule has 0 rings (SSSR count). The van der Waals surface area contributed by atoms with Crippen LogP contribution in [0.15, 0.2) is 36.5 Å². The molecule has 0 aliphatic carbocycles. The third-order valence-electron chi connectivity index (χ3n) is 15.1. The smallest absolute Gasteiger partial charge is 0.305 e. The molecule has 2 unspecified atom stereocenters. The number of aliphatic hydroxyl groups is 2. The summed E-state index contributed by atoms with van der Waals surface area (Å²) in [4.78, 5) is 24.6. The van der Waals surface area contributed by atoms with E-state index in [0.717, 1.165) is 51.4 Å². The number of nitrogens with one attached hydrogen (secondary N) is 1. The highest BCUT2D eigenvalue weighted by Gasteiger charge is 2.18. The number of hydrogen-bond donors (Lipinski definition) is 3. The molecule has 430 valence electrons. The molecule has 0 aromatic rings. The largest absolute Gasteiger partial charge is 0.466 e. The van der Waals surface area contributed by atoms with Crippen molar-refractivity contribution < 1.29 is 24.5 Å². The van der Waals surface area contributed by atoms with E-state index in [4.69, 9.17) is 4.74 Å². The fraction of sp³-hybridized carbons (Fsp3) is 0.881. The van der Waals surface area contributed by atoms with Crippen LogP contribution in [0.5, 0.6) is 0 Å². The Morgan fingerprint density at radius 1 is 0.370 bits per heavy atom. The molecular weight excluding hydrogens is 899 g/mol. The second-order valence-corrected chi connectivity index (χ2v) is 22.4. The third kappa shape index (κ3) is 59.2. The monoisotopic (exact) mass is 1030 g/mol. The Balaban J connectivity index is 3.46. The Morgan fingerprint density at radius 3 is 0.973 bits per heavy atom. The summed E-state index contributed by atoms with van der Waals surface area (Å²) >= 11 is 0. The Bertz CT molecular complexity index is 1180. The first kappa shape index (κ1) is 71.1. The molecule has 2 atom stereocenters. The maximum atomic E-state index is 12.5. The lowest BCUT2D eigenvalue weighted by molar-refractivity contribution is -0.143. The minimum absolute atomic E-state index is 0.00150. The molecule has 0 saturated heterocycles. The van der Waals surface area contributed by atoms with Gasteiger partial charge in [0.15, 0.2) is 0 Å². The van der Waals surface area contributed by atoms with Crippen LogP contribution in [0.4, 0.5) is 0 Å². The molecule has 0 bridgehead atoms. The van der Waals surface area contributed by atoms with E-state index in [-0.39, 0.29) is 18.5 Å². The molecule has 0 saturated carbocycles. The van der Waals surface area contributed by atoms with E-state index in [9.17, 15) is 19.8 Å². The molecule has 0 heterocycles. The van der Waals surface area contributed by atoms with Crippen molar-refractivity contribution in [3.05, 3.63) is 36.5 Å². The van der Waals surface area contributed by atoms with Crippen LogP contribution in [0.1, 0.15) is 354 Å². The number of aliphatic hydroxyl groups excluding tert-OH is 2. The summed E-state index contributed by atoms with van der Waals surface area (Å²) in [5.74, 6) is -0.0756. The number of carbonyl (C=O) groups excluding carboxylic acids is 2. The molecule has 0 radical (unpaired) electrons. The highest BCUT2D eigenvalue weighted by molar-refractivity contribution is 5.76. The van der Waals surface area contributed by atoms with Crippen molar-refractivity contribution >= 4 is 11.9 Å². The number of ether oxygens (including phenoxy) is 1. The Hall–Kier alpha value is -1.92. The van der Waals surface area contributed by atoms with Crippen LogP contribution in [0.25, 0.3) is 0 Å². The predicted octanol–water partition coefficient (Wildman–Crippen LogP) is 20.8. The summed E-state index contributed by atoms with van der Waals surface area (Å²) < 4.78 is 5.48. The zero-order chi connectivity index (χ0) is 52.9. The number of unbranched alkanes of at least 4 members (excludes halogenated alkanes) is 46. The summed E-state index contributed by atoms with van der Waals surface area (Å²) in [6.07, 6.45) is 79.0. The topological polar surface area (TPSA) is 95.9 Å². The van der Waals surface area contributed by atoms with Gasteiger partial charge in [-0.05, 0) is 83.5 Å². The molecule has 0 aromatic carbocycles. The van der Waals surface area contributed by atoms with Gasteiger partial charge in [-0.3, -0.25) is 9.59 Å². The SMILES string of the molecule is CCCCCCCCC/C=C\CCCCCCCC(=O)OCCCCCCCCCCC/C=C\CCCCCCCCCC(=O)NC(CO)C(O)/C=C/CCCCCCCCCCCCCCCCCCCC. The van der Waals surface area contributed by atoms with E-state index in [1.54, 1.807) is 6.08 Å². The van der Waals surface area contributed by atoms with Gasteiger partial charge in [-0.1, -0.05) is 294 Å². The van der Waals surface area contributed by atoms with Gasteiger partial charge in [-0.15, -0.1) is 0 Å². The van der Waals surface area contributed by atoms with Crippen LogP contribution < -0.4 is 5.32 Å². The zero-order valence-electron chi connectivity index (χ0n) is 49.1. The van der Waals surface area contributed by atoms with Crippen LogP contribution in [-0.4, -0.2) is 47.4 Å². The molecule has 3 N–H and O–H groups in total. The lowest BCUT2D eigenvalue weighted by atomic mass is 10.0. The van der Waals surface area contributed by atoms with Gasteiger partial charge < -0.3 is 20.3 Å². The van der Waals surface area contributed by atoms with Gasteiger partial charge in [0, 0.05) is 12.8 Å². The molecule has 0 fully saturated rings. The standard InChI is InChI=1S/C67H127NO5/c1-3-5-7-9-11-13-15-17-19-21-22-25-28-31-35-39-43-47-51-55-59-65(70)64(63-69)68-66(71)60-56-52-48-44-40-36-32-29-26-23-24-27-30-34-38-42-46-50-54-58-62-73-67(72)61-57-53-49-45-41-37-33-20-18-16-14-12-10-8-6-4-2/h20,23,26,33,55,59,64-65,69-70H,3-19,21-22,24-25,27-32,34-54,56-58,60-63H2,1-2H3,(H,68,71)/b26-23-,33-20-,59-55+. The molecule has 6 heteroatoms. The van der Waals surface area contributed by atoms with Crippen LogP contribution in [-0.2, 0) is 14.3 Å². The quantitative estimate of drug-likeness (QED) is 0.0320. The molecule has 0 aliphatic rings. The van der Waals surface area contributed by atoms with Gasteiger partial charge in [0.1, 0.15) is 0 Å². The number of rotatable bonds is 61. The second kappa shape index (κ2) is 62.6. The average molecular weight is 1030 g/mol. The fourth-order valence-corrected chi connectivity index (χ4v) is 10.1. The maximum absolute atomic E-state index is 12.5. The van der Waals surface area contributed by atoms with Gasteiger partial charge in [0.2, 0.25) is 5.91 Å². The van der Waals surface area contributed by atoms with E-state index < -0.39 is 12.1 Å². The van der Waals surface area contributed by atoms with E-state index in [1.165, 1.54) is 276 Å². The fourth-order valence-electron chi connectivity index (χ4n) is 10.1. The lowest BCUT2D eigenvalue weighted by Crippen LogP contribution is -2.45. The van der Waals surface area contributed by atoms with Crippen molar-refractivity contribution in [2.45, 2.75) is 366 Å². The number of carbonyl (C=O) groups is 2. The highest BCUT2D eigenvalue weighted by Crippen LogP contribution is 2.17. The van der Waals surface area contributed by atoms with Crippen LogP contribution in [0.3, 0.4) is 0 Å². The van der Waals surface area contributed by atoms with Crippen LogP contribution >= 0.6 is 0 Å². The van der Waals surface area contributed by atoms with Crippen molar-refractivity contribution in [2.24, 2.45) is 0 Å². The first-order valence-corrected chi connectivity index (χ1v) is 32.8. The predicted molar refractivity (Wildman–Crippen MR) is 319 cm³/mol. The normalized spacial score (nSPS) is 12.8. The second-order valence-electron chi connectivity index (χ2n) is 22.4. The van der Waals surface area contributed by atoms with E-state index in [1.807, 2.05) is 6.08 Å². The summed E-state index contributed by atoms with van der Waals surface area (Å²) in [6.45, 7) is 4.91. The van der Waals surface area contributed by atoms with E-state index in [2.05, 4.69) is 43.5 Å². The van der Waals surface area contributed by atoms with Gasteiger partial charge in [-0.25, -0.2) is 0 Å². The van der Waals surface area contributed by atoms with Gasteiger partial charge in [0.05, 0.1) is 25.4 Å². The van der Waals surface area contributed by atoms with Crippen LogP contribution in [0.2, 0.25) is 0 Å². The number of amides is 1. The lowest BCUT2D eigenvalue weighted by Gasteiger charge is -2.20. The molecule has 0 spiro atoms. The zero-order valence-corrected chi connectivity index (χ0v) is 49.1. The first-order chi connectivity index (χ1) is 36.0. The van der Waals surface area contributed by atoms with Crippen molar-refractivity contribution in [3.63, 3.8) is 0 Å². The molecule has 0 aliphatic heterocycles. The molecular formula is C67H127NO5. The maximum Gasteiger partial charge on any atom is 0.305 e. The van der Waals surface area contributed by atoms with Gasteiger partial charge in [-0.2, -0.15) is 0 Å². The van der Waals surface area contributed by atoms with Crippen molar-refractivity contribution in [1.82, 2.24) is 5.32 Å². The first-order valence-electron chi connectivity index (χ1n) is 32.8. The Morgan fingerprint density at radius 2 is 0.644 bits per heavy atom.